The van der Waals surface area contributed by atoms with E-state index in [2.05, 4.69) is 30.9 Å². The topological polar surface area (TPSA) is 110 Å². The number of benzene rings is 1. The van der Waals surface area contributed by atoms with Gasteiger partial charge >= 0.3 is 0 Å². The van der Waals surface area contributed by atoms with Crippen molar-refractivity contribution in [3.63, 3.8) is 0 Å². The average Bonchev–Trinajstić information content (AvgIpc) is 2.84. The number of methoxy groups -OCH3 is 2. The number of rotatable bonds is 11. The molecule has 0 aliphatic carbocycles. The monoisotopic (exact) mass is 450 g/mol. The summed E-state index contributed by atoms with van der Waals surface area (Å²) >= 11 is 0. The van der Waals surface area contributed by atoms with Crippen LogP contribution in [0.1, 0.15) is 22.8 Å². The second-order valence-electron chi connectivity index (χ2n) is 7.50. The predicted molar refractivity (Wildman–Crippen MR) is 129 cm³/mol. The van der Waals surface area contributed by atoms with Crippen LogP contribution in [-0.4, -0.2) is 61.3 Å². The number of hydrogen-bond donors (Lipinski definition) is 3. The van der Waals surface area contributed by atoms with Crippen LogP contribution >= 0.6 is 0 Å². The van der Waals surface area contributed by atoms with Crippen LogP contribution in [0.15, 0.2) is 48.9 Å². The number of hydrogen-bond acceptors (Lipinski definition) is 8. The summed E-state index contributed by atoms with van der Waals surface area (Å²) in [5, 5.41) is 9.22. The van der Waals surface area contributed by atoms with E-state index in [1.165, 1.54) is 6.33 Å². The number of carbonyl (C=O) groups excluding carboxylic acids is 1. The number of nitrogens with one attached hydrogen (secondary N) is 3. The molecule has 174 valence electrons. The lowest BCUT2D eigenvalue weighted by Gasteiger charge is -2.13. The Kier molecular flexibility index (Phi) is 8.54. The van der Waals surface area contributed by atoms with Crippen molar-refractivity contribution in [1.82, 2.24) is 20.3 Å². The zero-order chi connectivity index (χ0) is 23.6. The highest BCUT2D eigenvalue weighted by Crippen LogP contribution is 2.22. The number of pyridine rings is 1. The van der Waals surface area contributed by atoms with Crippen molar-refractivity contribution in [1.29, 1.82) is 0 Å². The summed E-state index contributed by atoms with van der Waals surface area (Å²) in [4.78, 5) is 25.0. The molecule has 9 nitrogen and oxygen atoms in total. The van der Waals surface area contributed by atoms with Gasteiger partial charge in [-0.05, 0) is 43.2 Å². The van der Waals surface area contributed by atoms with Gasteiger partial charge in [-0.25, -0.2) is 15.0 Å². The normalized spacial score (nSPS) is 11.5. The minimum atomic E-state index is -0.144. The quantitative estimate of drug-likeness (QED) is 0.409. The number of amides is 1. The maximum Gasteiger partial charge on any atom is 0.251 e. The summed E-state index contributed by atoms with van der Waals surface area (Å²) in [5.74, 6) is 2.04. The highest BCUT2D eigenvalue weighted by atomic mass is 16.5. The molecule has 0 saturated heterocycles. The first-order valence-electron chi connectivity index (χ1n) is 10.7. The van der Waals surface area contributed by atoms with Gasteiger partial charge in [0.15, 0.2) is 0 Å². The third-order valence-electron chi connectivity index (χ3n) is 5.01. The summed E-state index contributed by atoms with van der Waals surface area (Å²) in [7, 11) is 4.88. The van der Waals surface area contributed by atoms with Crippen LogP contribution in [-0.2, 0) is 11.2 Å². The number of carbonyl (C=O) groups is 1. The van der Waals surface area contributed by atoms with Crippen LogP contribution in [0.25, 0.3) is 11.3 Å². The lowest BCUT2D eigenvalue weighted by molar-refractivity contribution is 0.0962. The van der Waals surface area contributed by atoms with E-state index in [1.807, 2.05) is 31.2 Å². The van der Waals surface area contributed by atoms with Crippen molar-refractivity contribution >= 4 is 17.5 Å². The summed E-state index contributed by atoms with van der Waals surface area (Å²) < 4.78 is 10.6. The second kappa shape index (κ2) is 11.8. The van der Waals surface area contributed by atoms with Gasteiger partial charge < -0.3 is 25.4 Å². The van der Waals surface area contributed by atoms with Crippen molar-refractivity contribution in [2.75, 3.05) is 45.1 Å². The number of aromatic nitrogens is 3. The lowest BCUT2D eigenvalue weighted by atomic mass is 10.1. The molecule has 0 spiro atoms. The number of ether oxygens (including phenoxy) is 2. The van der Waals surface area contributed by atoms with Crippen LogP contribution in [0.2, 0.25) is 0 Å². The van der Waals surface area contributed by atoms with Gasteiger partial charge in [0.1, 0.15) is 23.7 Å². The Morgan fingerprint density at radius 3 is 2.61 bits per heavy atom. The van der Waals surface area contributed by atoms with E-state index in [9.17, 15) is 4.79 Å². The molecule has 9 heteroatoms. The molecule has 3 N–H and O–H groups in total. The molecule has 1 atom stereocenters. The minimum Gasteiger partial charge on any atom is -0.496 e. The van der Waals surface area contributed by atoms with Gasteiger partial charge in [-0.3, -0.25) is 4.79 Å². The van der Waals surface area contributed by atoms with Gasteiger partial charge in [-0.2, -0.15) is 0 Å². The molecule has 2 aromatic heterocycles. The average molecular weight is 451 g/mol. The van der Waals surface area contributed by atoms with E-state index >= 15 is 0 Å². The molecule has 33 heavy (non-hydrogen) atoms. The van der Waals surface area contributed by atoms with Crippen molar-refractivity contribution in [3.05, 3.63) is 60.0 Å². The number of nitrogens with zero attached hydrogens (tertiary/aromatic N) is 3. The Hall–Kier alpha value is -3.72. The molecule has 1 unspecified atom stereocenters. The highest BCUT2D eigenvalue weighted by Gasteiger charge is 2.10. The Morgan fingerprint density at radius 2 is 1.91 bits per heavy atom. The van der Waals surface area contributed by atoms with Crippen molar-refractivity contribution < 1.29 is 14.3 Å². The lowest BCUT2D eigenvalue weighted by Crippen LogP contribution is -2.21. The maximum atomic E-state index is 11.8. The van der Waals surface area contributed by atoms with E-state index in [1.54, 1.807) is 39.6 Å². The van der Waals surface area contributed by atoms with E-state index in [0.717, 1.165) is 28.5 Å². The van der Waals surface area contributed by atoms with E-state index in [4.69, 9.17) is 9.47 Å². The molecule has 3 aromatic rings. The van der Waals surface area contributed by atoms with E-state index in [0.29, 0.717) is 30.9 Å². The predicted octanol–water partition coefficient (Wildman–Crippen LogP) is 3.01. The molecule has 1 aromatic carbocycles. The Balaban J connectivity index is 1.61. The van der Waals surface area contributed by atoms with Crippen LogP contribution in [0.5, 0.6) is 5.75 Å². The van der Waals surface area contributed by atoms with Gasteiger partial charge in [-0.15, -0.1) is 0 Å². The fourth-order valence-corrected chi connectivity index (χ4v) is 3.35. The zero-order valence-corrected chi connectivity index (χ0v) is 19.4. The summed E-state index contributed by atoms with van der Waals surface area (Å²) in [6.07, 6.45) is 4.02. The molecule has 0 saturated carbocycles. The van der Waals surface area contributed by atoms with E-state index < -0.39 is 0 Å². The summed E-state index contributed by atoms with van der Waals surface area (Å²) in [6, 6.07) is 11.4. The molecule has 0 radical (unpaired) electrons. The summed E-state index contributed by atoms with van der Waals surface area (Å²) in [5.41, 5.74) is 3.25. The molecule has 0 bridgehead atoms. The van der Waals surface area contributed by atoms with Gasteiger partial charge in [0, 0.05) is 50.1 Å². The molecular weight excluding hydrogens is 420 g/mol. The second-order valence-corrected chi connectivity index (χ2v) is 7.50. The smallest absolute Gasteiger partial charge is 0.251 e. The summed E-state index contributed by atoms with van der Waals surface area (Å²) in [6.45, 7) is 3.28. The first-order chi connectivity index (χ1) is 16.0. The van der Waals surface area contributed by atoms with Crippen LogP contribution in [0.4, 0.5) is 11.6 Å². The SMILES string of the molecule is CNC(=O)c1ccc(CCNc2cc(-c3ccc(NC(C)COC)nc3)ncn2)c(OC)c1. The van der Waals surface area contributed by atoms with Gasteiger partial charge in [0.25, 0.3) is 5.91 Å². The molecule has 1 amide bonds. The fourth-order valence-electron chi connectivity index (χ4n) is 3.35. The van der Waals surface area contributed by atoms with Crippen LogP contribution in [0.3, 0.4) is 0 Å². The fraction of sp³-hybridized carbons (Fsp3) is 0.333. The van der Waals surface area contributed by atoms with E-state index in [-0.39, 0.29) is 11.9 Å². The first-order valence-corrected chi connectivity index (χ1v) is 10.7. The Bertz CT molecular complexity index is 1060. The third kappa shape index (κ3) is 6.63. The van der Waals surface area contributed by atoms with Gasteiger partial charge in [-0.1, -0.05) is 6.07 Å². The van der Waals surface area contributed by atoms with Crippen molar-refractivity contribution in [3.8, 4) is 17.0 Å². The van der Waals surface area contributed by atoms with Crippen LogP contribution in [0, 0.1) is 0 Å². The molecule has 0 aliphatic rings. The largest absolute Gasteiger partial charge is 0.496 e. The number of anilines is 2. The third-order valence-corrected chi connectivity index (χ3v) is 5.01. The Morgan fingerprint density at radius 1 is 1.06 bits per heavy atom. The standard InChI is InChI=1S/C24H30N6O3/c1-16(14-32-3)30-22-8-7-19(13-27-22)20-12-23(29-15-28-20)26-10-9-17-5-6-18(24(31)25-2)11-21(17)33-4/h5-8,11-13,15-16H,9-10,14H2,1-4H3,(H,25,31)(H,27,30)(H,26,28,29). The molecule has 0 aliphatic heterocycles. The first kappa shape index (κ1) is 23.9. The zero-order valence-electron chi connectivity index (χ0n) is 19.4. The Labute approximate surface area is 194 Å². The highest BCUT2D eigenvalue weighted by molar-refractivity contribution is 5.94. The molecule has 0 fully saturated rings. The maximum absolute atomic E-state index is 11.8. The molecule has 3 rings (SSSR count). The van der Waals surface area contributed by atoms with Crippen molar-refractivity contribution in [2.24, 2.45) is 0 Å². The molecular formula is C24H30N6O3. The molecule has 2 heterocycles. The van der Waals surface area contributed by atoms with Gasteiger partial charge in [0.05, 0.1) is 19.4 Å². The van der Waals surface area contributed by atoms with Gasteiger partial charge in [0.2, 0.25) is 0 Å². The minimum absolute atomic E-state index is 0.144. The van der Waals surface area contributed by atoms with Crippen molar-refractivity contribution in [2.45, 2.75) is 19.4 Å². The van der Waals surface area contributed by atoms with Crippen LogP contribution < -0.4 is 20.7 Å².